The highest BCUT2D eigenvalue weighted by Gasteiger charge is 2.07. The van der Waals surface area contributed by atoms with E-state index in [1.54, 1.807) is 12.3 Å². The van der Waals surface area contributed by atoms with Gasteiger partial charge in [0.15, 0.2) is 5.13 Å². The van der Waals surface area contributed by atoms with Gasteiger partial charge in [-0.3, -0.25) is 9.59 Å². The van der Waals surface area contributed by atoms with Gasteiger partial charge in [-0.15, -0.1) is 11.3 Å². The van der Waals surface area contributed by atoms with Gasteiger partial charge < -0.3 is 9.88 Å². The molecule has 2 aromatic heterocycles. The summed E-state index contributed by atoms with van der Waals surface area (Å²) in [5, 5.41) is 5.04. The van der Waals surface area contributed by atoms with Crippen molar-refractivity contribution in [3.8, 4) is 0 Å². The molecule has 0 aliphatic rings. The molecule has 0 saturated heterocycles. The van der Waals surface area contributed by atoms with Crippen molar-refractivity contribution in [1.82, 2.24) is 9.55 Å². The Kier molecular flexibility index (Phi) is 3.93. The van der Waals surface area contributed by atoms with Crippen molar-refractivity contribution in [3.63, 3.8) is 0 Å². The standard InChI is InChI=1S/C11H10BrN3O2S/c1-7-6-18-11(13-7)14-9(16)5-15-4-8(12)2-3-10(15)17/h2-4,6H,5H2,1H3,(H,13,14,16). The van der Waals surface area contributed by atoms with Gasteiger partial charge in [0.1, 0.15) is 6.54 Å². The van der Waals surface area contributed by atoms with Crippen molar-refractivity contribution < 1.29 is 4.79 Å². The Morgan fingerprint density at radius 3 is 3.00 bits per heavy atom. The van der Waals surface area contributed by atoms with Gasteiger partial charge >= 0.3 is 0 Å². The minimum absolute atomic E-state index is 0.0309. The van der Waals surface area contributed by atoms with E-state index in [2.05, 4.69) is 26.2 Å². The van der Waals surface area contributed by atoms with Crippen LogP contribution in [0, 0.1) is 6.92 Å². The summed E-state index contributed by atoms with van der Waals surface area (Å²) >= 11 is 4.61. The van der Waals surface area contributed by atoms with Crippen LogP contribution in [0.3, 0.4) is 0 Å². The zero-order valence-electron chi connectivity index (χ0n) is 9.51. The number of carbonyl (C=O) groups is 1. The quantitative estimate of drug-likeness (QED) is 0.937. The van der Waals surface area contributed by atoms with Gasteiger partial charge in [-0.05, 0) is 28.9 Å². The van der Waals surface area contributed by atoms with Gasteiger partial charge in [-0.25, -0.2) is 4.98 Å². The number of nitrogens with one attached hydrogen (secondary N) is 1. The molecular weight excluding hydrogens is 318 g/mol. The molecule has 5 nitrogen and oxygen atoms in total. The second kappa shape index (κ2) is 5.45. The summed E-state index contributed by atoms with van der Waals surface area (Å²) < 4.78 is 2.08. The molecule has 0 aliphatic heterocycles. The number of hydrogen-bond donors (Lipinski definition) is 1. The first kappa shape index (κ1) is 13.0. The molecule has 94 valence electrons. The average molecular weight is 328 g/mol. The Balaban J connectivity index is 2.07. The lowest BCUT2D eigenvalue weighted by Gasteiger charge is -2.05. The summed E-state index contributed by atoms with van der Waals surface area (Å²) in [6, 6.07) is 3.05. The summed E-state index contributed by atoms with van der Waals surface area (Å²) in [5.41, 5.74) is 0.638. The van der Waals surface area contributed by atoms with E-state index < -0.39 is 0 Å². The largest absolute Gasteiger partial charge is 0.305 e. The highest BCUT2D eigenvalue weighted by atomic mass is 79.9. The molecule has 0 unspecified atom stereocenters. The maximum atomic E-state index is 11.7. The van der Waals surface area contributed by atoms with Gasteiger partial charge in [0.2, 0.25) is 5.91 Å². The number of thiazole rings is 1. The average Bonchev–Trinajstić information content (AvgIpc) is 2.69. The summed E-state index contributed by atoms with van der Waals surface area (Å²) in [7, 11) is 0. The molecule has 18 heavy (non-hydrogen) atoms. The van der Waals surface area contributed by atoms with E-state index in [0.717, 1.165) is 10.2 Å². The van der Waals surface area contributed by atoms with E-state index in [1.165, 1.54) is 22.0 Å². The second-order valence-corrected chi connectivity index (χ2v) is 5.43. The number of pyridine rings is 1. The van der Waals surface area contributed by atoms with Crippen molar-refractivity contribution in [2.45, 2.75) is 13.5 Å². The third-order valence-electron chi connectivity index (χ3n) is 2.13. The second-order valence-electron chi connectivity index (χ2n) is 3.66. The highest BCUT2D eigenvalue weighted by molar-refractivity contribution is 9.10. The normalized spacial score (nSPS) is 10.3. The van der Waals surface area contributed by atoms with Crippen molar-refractivity contribution in [1.29, 1.82) is 0 Å². The maximum Gasteiger partial charge on any atom is 0.251 e. The number of halogens is 1. The minimum atomic E-state index is -0.274. The highest BCUT2D eigenvalue weighted by Crippen LogP contribution is 2.14. The predicted octanol–water partition coefficient (Wildman–Crippen LogP) is 2.01. The first-order valence-electron chi connectivity index (χ1n) is 5.12. The summed E-state index contributed by atoms with van der Waals surface area (Å²) in [6.45, 7) is 1.82. The van der Waals surface area contributed by atoms with E-state index >= 15 is 0 Å². The number of nitrogens with zero attached hydrogens (tertiary/aromatic N) is 2. The number of anilines is 1. The molecule has 1 amide bonds. The zero-order chi connectivity index (χ0) is 13.1. The molecule has 2 rings (SSSR count). The third kappa shape index (κ3) is 3.27. The van der Waals surface area contributed by atoms with Gasteiger partial charge in [-0.1, -0.05) is 0 Å². The van der Waals surface area contributed by atoms with Crippen molar-refractivity contribution >= 4 is 38.3 Å². The summed E-state index contributed by atoms with van der Waals surface area (Å²) in [4.78, 5) is 27.4. The third-order valence-corrected chi connectivity index (χ3v) is 3.47. The lowest BCUT2D eigenvalue weighted by Crippen LogP contribution is -2.26. The number of carbonyl (C=O) groups excluding carboxylic acids is 1. The van der Waals surface area contributed by atoms with Crippen molar-refractivity contribution in [2.75, 3.05) is 5.32 Å². The monoisotopic (exact) mass is 327 g/mol. The van der Waals surface area contributed by atoms with E-state index in [4.69, 9.17) is 0 Å². The van der Waals surface area contributed by atoms with Crippen LogP contribution < -0.4 is 10.9 Å². The molecule has 0 radical (unpaired) electrons. The lowest BCUT2D eigenvalue weighted by atomic mass is 10.4. The minimum Gasteiger partial charge on any atom is -0.305 e. The summed E-state index contributed by atoms with van der Waals surface area (Å²) in [6.07, 6.45) is 1.58. The van der Waals surface area contributed by atoms with Crippen LogP contribution in [-0.4, -0.2) is 15.5 Å². The van der Waals surface area contributed by atoms with Crippen LogP contribution in [0.4, 0.5) is 5.13 Å². The number of aromatic nitrogens is 2. The fourth-order valence-electron chi connectivity index (χ4n) is 1.35. The van der Waals surface area contributed by atoms with E-state index in [0.29, 0.717) is 5.13 Å². The Labute approximate surface area is 116 Å². The molecule has 0 fully saturated rings. The topological polar surface area (TPSA) is 64.0 Å². The van der Waals surface area contributed by atoms with Crippen LogP contribution >= 0.6 is 27.3 Å². The number of rotatable bonds is 3. The molecule has 2 aromatic rings. The van der Waals surface area contributed by atoms with Crippen LogP contribution in [0.1, 0.15) is 5.69 Å². The van der Waals surface area contributed by atoms with Crippen molar-refractivity contribution in [3.05, 3.63) is 44.2 Å². The zero-order valence-corrected chi connectivity index (χ0v) is 11.9. The van der Waals surface area contributed by atoms with Crippen LogP contribution in [0.2, 0.25) is 0 Å². The van der Waals surface area contributed by atoms with Crippen LogP contribution in [0.5, 0.6) is 0 Å². The molecule has 2 heterocycles. The van der Waals surface area contributed by atoms with Gasteiger partial charge in [-0.2, -0.15) is 0 Å². The molecule has 0 aromatic carbocycles. The molecule has 0 saturated carbocycles. The fraction of sp³-hybridized carbons (Fsp3) is 0.182. The van der Waals surface area contributed by atoms with Crippen LogP contribution in [0.25, 0.3) is 0 Å². The first-order valence-corrected chi connectivity index (χ1v) is 6.80. The smallest absolute Gasteiger partial charge is 0.251 e. The number of hydrogen-bond acceptors (Lipinski definition) is 4. The Bertz CT molecular complexity index is 635. The van der Waals surface area contributed by atoms with Gasteiger partial charge in [0.05, 0.1) is 5.69 Å². The molecule has 0 atom stereocenters. The predicted molar refractivity (Wildman–Crippen MR) is 73.9 cm³/mol. The lowest BCUT2D eigenvalue weighted by molar-refractivity contribution is -0.116. The summed E-state index contributed by atoms with van der Waals surface area (Å²) in [5.74, 6) is -0.274. The van der Waals surface area contributed by atoms with Crippen LogP contribution in [-0.2, 0) is 11.3 Å². The molecule has 0 spiro atoms. The molecule has 1 N–H and O–H groups in total. The van der Waals surface area contributed by atoms with E-state index in [1.807, 2.05) is 12.3 Å². The molecule has 0 bridgehead atoms. The van der Waals surface area contributed by atoms with Crippen molar-refractivity contribution in [2.24, 2.45) is 0 Å². The fourth-order valence-corrected chi connectivity index (χ4v) is 2.43. The SMILES string of the molecule is Cc1csc(NC(=O)Cn2cc(Br)ccc2=O)n1. The van der Waals surface area contributed by atoms with Gasteiger partial charge in [0, 0.05) is 22.1 Å². The Morgan fingerprint density at radius 1 is 1.56 bits per heavy atom. The maximum absolute atomic E-state index is 11.7. The Hall–Kier alpha value is -1.47. The van der Waals surface area contributed by atoms with E-state index in [9.17, 15) is 9.59 Å². The van der Waals surface area contributed by atoms with Gasteiger partial charge in [0.25, 0.3) is 5.56 Å². The number of aryl methyl sites for hydroxylation is 1. The Morgan fingerprint density at radius 2 is 2.33 bits per heavy atom. The molecular formula is C11H10BrN3O2S. The van der Waals surface area contributed by atoms with E-state index in [-0.39, 0.29) is 18.0 Å². The molecule has 7 heteroatoms. The van der Waals surface area contributed by atoms with Crippen LogP contribution in [0.15, 0.2) is 33.0 Å². The first-order chi connectivity index (χ1) is 8.54. The number of amides is 1. The molecule has 0 aliphatic carbocycles.